The Bertz CT molecular complexity index is 1040. The van der Waals surface area contributed by atoms with Gasteiger partial charge < -0.3 is 14.3 Å². The average Bonchev–Trinajstić information content (AvgIpc) is 3.25. The number of aryl methyl sites for hydroxylation is 1. The first-order valence-electron chi connectivity index (χ1n) is 8.36. The molecule has 0 aliphatic heterocycles. The first kappa shape index (κ1) is 18.7. The van der Waals surface area contributed by atoms with Crippen LogP contribution in [-0.2, 0) is 11.3 Å². The monoisotopic (exact) mass is 423 g/mol. The zero-order valence-corrected chi connectivity index (χ0v) is 16.6. The van der Waals surface area contributed by atoms with Gasteiger partial charge in [0.2, 0.25) is 0 Å². The van der Waals surface area contributed by atoms with Gasteiger partial charge in [0, 0.05) is 15.9 Å². The highest BCUT2D eigenvalue weighted by Crippen LogP contribution is 2.23. The van der Waals surface area contributed by atoms with E-state index in [1.165, 1.54) is 0 Å². The second-order valence-electron chi connectivity index (χ2n) is 6.10. The van der Waals surface area contributed by atoms with Gasteiger partial charge in [-0.2, -0.15) is 5.26 Å². The van der Waals surface area contributed by atoms with Crippen LogP contribution in [0.3, 0.4) is 0 Å². The summed E-state index contributed by atoms with van der Waals surface area (Å²) < 4.78 is 8.26. The lowest BCUT2D eigenvalue weighted by Gasteiger charge is -2.08. The molecule has 0 saturated carbocycles. The highest BCUT2D eigenvalue weighted by atomic mass is 79.9. The van der Waals surface area contributed by atoms with E-state index in [0.717, 1.165) is 27.2 Å². The van der Waals surface area contributed by atoms with Gasteiger partial charge in [-0.25, -0.2) is 0 Å². The number of furan rings is 1. The molecule has 0 aliphatic carbocycles. The van der Waals surface area contributed by atoms with E-state index in [4.69, 9.17) is 4.42 Å². The number of hydrogen-bond acceptors (Lipinski definition) is 3. The van der Waals surface area contributed by atoms with Crippen LogP contribution in [0.2, 0.25) is 0 Å². The summed E-state index contributed by atoms with van der Waals surface area (Å²) in [7, 11) is 0. The van der Waals surface area contributed by atoms with E-state index in [1.807, 2.05) is 56.3 Å². The minimum atomic E-state index is -0.444. The van der Waals surface area contributed by atoms with Gasteiger partial charge in [0.25, 0.3) is 5.91 Å². The summed E-state index contributed by atoms with van der Waals surface area (Å²) in [6, 6.07) is 15.0. The average molecular weight is 424 g/mol. The third-order valence-electron chi connectivity index (χ3n) is 4.29. The van der Waals surface area contributed by atoms with Crippen LogP contribution in [0, 0.1) is 25.2 Å². The molecular formula is C21H18BrN3O2. The van der Waals surface area contributed by atoms with Crippen LogP contribution in [-0.4, -0.2) is 10.5 Å². The molecule has 0 saturated heterocycles. The highest BCUT2D eigenvalue weighted by molar-refractivity contribution is 9.10. The molecule has 0 fully saturated rings. The van der Waals surface area contributed by atoms with E-state index in [9.17, 15) is 10.1 Å². The van der Waals surface area contributed by atoms with Gasteiger partial charge in [-0.15, -0.1) is 0 Å². The van der Waals surface area contributed by atoms with Gasteiger partial charge in [-0.05, 0) is 71.7 Å². The molecular weight excluding hydrogens is 406 g/mol. The molecule has 1 amide bonds. The first-order valence-corrected chi connectivity index (χ1v) is 9.15. The molecule has 2 heterocycles. The maximum atomic E-state index is 12.5. The Kier molecular flexibility index (Phi) is 5.63. The fraction of sp³-hybridized carbons (Fsp3) is 0.143. The molecule has 27 heavy (non-hydrogen) atoms. The van der Waals surface area contributed by atoms with Crippen molar-refractivity contribution >= 4 is 33.6 Å². The second kappa shape index (κ2) is 8.11. The van der Waals surface area contributed by atoms with E-state index in [-0.39, 0.29) is 5.57 Å². The number of nitrogens with zero attached hydrogens (tertiary/aromatic N) is 2. The Labute approximate surface area is 166 Å². The molecule has 3 aromatic rings. The number of hydrogen-bond donors (Lipinski definition) is 1. The van der Waals surface area contributed by atoms with Crippen molar-refractivity contribution in [2.24, 2.45) is 0 Å². The second-order valence-corrected chi connectivity index (χ2v) is 6.95. The highest BCUT2D eigenvalue weighted by Gasteiger charge is 2.14. The summed E-state index contributed by atoms with van der Waals surface area (Å²) in [5, 5.41) is 12.2. The number of aromatic nitrogens is 1. The van der Waals surface area contributed by atoms with Crippen LogP contribution in [0.15, 0.2) is 63.2 Å². The molecule has 0 bridgehead atoms. The van der Waals surface area contributed by atoms with E-state index < -0.39 is 5.91 Å². The van der Waals surface area contributed by atoms with Crippen molar-refractivity contribution in [3.8, 4) is 6.07 Å². The largest absolute Gasteiger partial charge is 0.467 e. The van der Waals surface area contributed by atoms with Crippen LogP contribution in [0.1, 0.15) is 22.7 Å². The Morgan fingerprint density at radius 3 is 2.74 bits per heavy atom. The predicted molar refractivity (Wildman–Crippen MR) is 108 cm³/mol. The third-order valence-corrected chi connectivity index (χ3v) is 4.99. The molecule has 0 unspecified atom stereocenters. The Hall–Kier alpha value is -3.04. The van der Waals surface area contributed by atoms with E-state index in [2.05, 4.69) is 25.8 Å². The van der Waals surface area contributed by atoms with Gasteiger partial charge in [0.1, 0.15) is 17.4 Å². The SMILES string of the molecule is Cc1cc(/C=C(/C#N)C(=O)Nc2ccccc2Br)c(C)n1Cc1ccco1. The standard InChI is InChI=1S/C21H18BrN3O2/c1-14-10-16(15(2)25(14)13-18-6-5-9-27-18)11-17(12-23)21(26)24-20-8-4-3-7-19(20)22/h3-11H,13H2,1-2H3,(H,24,26)/b17-11-. The van der Waals surface area contributed by atoms with E-state index in [0.29, 0.717) is 12.2 Å². The molecule has 2 aromatic heterocycles. The maximum Gasteiger partial charge on any atom is 0.266 e. The Morgan fingerprint density at radius 2 is 2.07 bits per heavy atom. The molecule has 3 rings (SSSR count). The predicted octanol–water partition coefficient (Wildman–Crippen LogP) is 5.05. The van der Waals surface area contributed by atoms with Crippen molar-refractivity contribution in [2.45, 2.75) is 20.4 Å². The molecule has 0 aliphatic rings. The van der Waals surface area contributed by atoms with Crippen molar-refractivity contribution in [3.63, 3.8) is 0 Å². The van der Waals surface area contributed by atoms with Gasteiger partial charge in [0.05, 0.1) is 18.5 Å². The minimum absolute atomic E-state index is 0.0454. The van der Waals surface area contributed by atoms with Gasteiger partial charge in [-0.1, -0.05) is 12.1 Å². The zero-order chi connectivity index (χ0) is 19.4. The van der Waals surface area contributed by atoms with Gasteiger partial charge in [-0.3, -0.25) is 4.79 Å². The maximum absolute atomic E-state index is 12.5. The summed E-state index contributed by atoms with van der Waals surface area (Å²) >= 11 is 3.39. The molecule has 0 radical (unpaired) electrons. The lowest BCUT2D eigenvalue weighted by molar-refractivity contribution is -0.112. The number of anilines is 1. The summed E-state index contributed by atoms with van der Waals surface area (Å²) in [6.07, 6.45) is 3.26. The molecule has 1 aromatic carbocycles. The van der Waals surface area contributed by atoms with Crippen molar-refractivity contribution in [1.29, 1.82) is 5.26 Å². The molecule has 0 atom stereocenters. The lowest BCUT2D eigenvalue weighted by atomic mass is 10.1. The first-order chi connectivity index (χ1) is 13.0. The van der Waals surface area contributed by atoms with Crippen molar-refractivity contribution in [2.75, 3.05) is 5.32 Å². The summed E-state index contributed by atoms with van der Waals surface area (Å²) in [5.74, 6) is 0.403. The van der Waals surface area contributed by atoms with Crippen molar-refractivity contribution in [3.05, 3.63) is 81.5 Å². The number of rotatable bonds is 5. The van der Waals surface area contributed by atoms with E-state index in [1.54, 1.807) is 18.4 Å². The molecule has 0 spiro atoms. The van der Waals surface area contributed by atoms with Crippen LogP contribution < -0.4 is 5.32 Å². The normalized spacial score (nSPS) is 11.3. The number of nitriles is 1. The number of halogens is 1. The summed E-state index contributed by atoms with van der Waals surface area (Å²) in [4.78, 5) is 12.5. The number of carbonyl (C=O) groups is 1. The molecule has 136 valence electrons. The minimum Gasteiger partial charge on any atom is -0.467 e. The zero-order valence-electron chi connectivity index (χ0n) is 15.0. The number of carbonyl (C=O) groups excluding carboxylic acids is 1. The number of nitrogens with one attached hydrogen (secondary N) is 1. The fourth-order valence-electron chi connectivity index (χ4n) is 2.83. The fourth-order valence-corrected chi connectivity index (χ4v) is 3.22. The van der Waals surface area contributed by atoms with Gasteiger partial charge in [0.15, 0.2) is 0 Å². The number of para-hydroxylation sites is 1. The van der Waals surface area contributed by atoms with Crippen LogP contribution in [0.25, 0.3) is 6.08 Å². The van der Waals surface area contributed by atoms with Crippen LogP contribution >= 0.6 is 15.9 Å². The molecule has 6 heteroatoms. The van der Waals surface area contributed by atoms with Crippen LogP contribution in [0.5, 0.6) is 0 Å². The van der Waals surface area contributed by atoms with Crippen molar-refractivity contribution in [1.82, 2.24) is 4.57 Å². The Morgan fingerprint density at radius 1 is 1.30 bits per heavy atom. The van der Waals surface area contributed by atoms with Crippen LogP contribution in [0.4, 0.5) is 5.69 Å². The molecule has 5 nitrogen and oxygen atoms in total. The quantitative estimate of drug-likeness (QED) is 0.460. The van der Waals surface area contributed by atoms with E-state index >= 15 is 0 Å². The molecule has 1 N–H and O–H groups in total. The topological polar surface area (TPSA) is 71.0 Å². The smallest absolute Gasteiger partial charge is 0.266 e. The third kappa shape index (κ3) is 4.21. The summed E-state index contributed by atoms with van der Waals surface area (Å²) in [5.41, 5.74) is 3.48. The number of benzene rings is 1. The number of amides is 1. The Balaban J connectivity index is 1.86. The van der Waals surface area contributed by atoms with Gasteiger partial charge >= 0.3 is 0 Å². The van der Waals surface area contributed by atoms with Crippen molar-refractivity contribution < 1.29 is 9.21 Å². The lowest BCUT2D eigenvalue weighted by Crippen LogP contribution is -2.13. The summed E-state index contributed by atoms with van der Waals surface area (Å²) in [6.45, 7) is 4.55.